The number of halogens is 3. The Morgan fingerprint density at radius 1 is 0.960 bits per heavy atom. The highest BCUT2D eigenvalue weighted by Gasteiger charge is 2.40. The Bertz CT molecular complexity index is 395. The summed E-state index contributed by atoms with van der Waals surface area (Å²) in [6, 6.07) is 0. The van der Waals surface area contributed by atoms with E-state index in [0.29, 0.717) is 18.1 Å². The van der Waals surface area contributed by atoms with Gasteiger partial charge in [-0.05, 0) is 6.92 Å². The highest BCUT2D eigenvalue weighted by Crippen LogP contribution is 2.17. The first-order valence-electron chi connectivity index (χ1n) is 7.62. The summed E-state index contributed by atoms with van der Waals surface area (Å²) in [4.78, 5) is 22.1. The second kappa shape index (κ2) is 12.9. The summed E-state index contributed by atoms with van der Waals surface area (Å²) in [6.07, 6.45) is -5.54. The Kier molecular flexibility index (Phi) is 12.1. The van der Waals surface area contributed by atoms with Gasteiger partial charge in [0.05, 0.1) is 46.2 Å². The zero-order valence-corrected chi connectivity index (χ0v) is 14.3. The molecule has 0 aromatic rings. The number of nitrogens with two attached hydrogens (primary N) is 1. The van der Waals surface area contributed by atoms with Crippen molar-refractivity contribution >= 4 is 11.8 Å². The van der Waals surface area contributed by atoms with Crippen molar-refractivity contribution in [3.8, 4) is 0 Å². The van der Waals surface area contributed by atoms with Gasteiger partial charge in [-0.2, -0.15) is 13.2 Å². The summed E-state index contributed by atoms with van der Waals surface area (Å²) >= 11 is 0. The predicted molar refractivity (Wildman–Crippen MR) is 80.8 cm³/mol. The number of ether oxygens (including phenoxy) is 4. The van der Waals surface area contributed by atoms with Gasteiger partial charge in [0.1, 0.15) is 6.10 Å². The highest BCUT2D eigenvalue weighted by atomic mass is 19.4. The molecular formula is C14H25F3N2O6. The molecule has 0 saturated heterocycles. The molecule has 0 spiro atoms. The number of alkyl halides is 3. The Morgan fingerprint density at radius 2 is 1.40 bits per heavy atom. The van der Waals surface area contributed by atoms with Gasteiger partial charge in [-0.1, -0.05) is 0 Å². The van der Waals surface area contributed by atoms with Crippen molar-refractivity contribution in [3.05, 3.63) is 0 Å². The Morgan fingerprint density at radius 3 is 1.84 bits per heavy atom. The van der Waals surface area contributed by atoms with Gasteiger partial charge in [-0.25, -0.2) is 0 Å². The smallest absolute Gasteiger partial charge is 0.377 e. The Hall–Kier alpha value is -1.43. The van der Waals surface area contributed by atoms with Crippen molar-refractivity contribution in [2.45, 2.75) is 19.2 Å². The molecule has 0 heterocycles. The lowest BCUT2D eigenvalue weighted by Crippen LogP contribution is -2.40. The van der Waals surface area contributed by atoms with Crippen LogP contribution >= 0.6 is 0 Å². The summed E-state index contributed by atoms with van der Waals surface area (Å²) in [5.41, 5.74) is 5.01. The minimum Gasteiger partial charge on any atom is -0.377 e. The maximum absolute atomic E-state index is 12.1. The molecule has 0 aliphatic rings. The molecule has 0 saturated carbocycles. The standard InChI is InChI=1S/C14H25F3N2O6/c1-11(12(18)20)25-10-9-24-8-7-23-6-5-22-4-3-19(2)13(21)14(15,16)17/h11H,3-10H2,1-2H3,(H2,18,20). The summed E-state index contributed by atoms with van der Waals surface area (Å²) in [7, 11) is 1.06. The summed E-state index contributed by atoms with van der Waals surface area (Å²) in [6.45, 7) is 2.94. The first-order valence-corrected chi connectivity index (χ1v) is 7.62. The largest absolute Gasteiger partial charge is 0.471 e. The molecule has 0 aromatic carbocycles. The number of primary amides is 1. The van der Waals surface area contributed by atoms with Crippen LogP contribution in [-0.4, -0.2) is 88.8 Å². The fraction of sp³-hybridized carbons (Fsp3) is 0.857. The van der Waals surface area contributed by atoms with E-state index >= 15 is 0 Å². The van der Waals surface area contributed by atoms with Crippen molar-refractivity contribution in [2.24, 2.45) is 5.73 Å². The zero-order valence-electron chi connectivity index (χ0n) is 14.3. The van der Waals surface area contributed by atoms with E-state index in [1.807, 2.05) is 0 Å². The van der Waals surface area contributed by atoms with E-state index in [1.165, 1.54) is 0 Å². The molecule has 0 aliphatic carbocycles. The number of amides is 2. The van der Waals surface area contributed by atoms with Crippen LogP contribution in [0.2, 0.25) is 0 Å². The monoisotopic (exact) mass is 374 g/mol. The summed E-state index contributed by atoms with van der Waals surface area (Å²) < 4.78 is 56.8. The third kappa shape index (κ3) is 12.6. The fourth-order valence-electron chi connectivity index (χ4n) is 1.43. The fourth-order valence-corrected chi connectivity index (χ4v) is 1.43. The van der Waals surface area contributed by atoms with Gasteiger partial charge in [0.15, 0.2) is 0 Å². The van der Waals surface area contributed by atoms with Crippen LogP contribution in [-0.2, 0) is 28.5 Å². The molecular weight excluding hydrogens is 349 g/mol. The first-order chi connectivity index (χ1) is 11.7. The summed E-state index contributed by atoms with van der Waals surface area (Å²) in [5, 5.41) is 0. The minimum absolute atomic E-state index is 0.0203. The van der Waals surface area contributed by atoms with Crippen LogP contribution in [0.3, 0.4) is 0 Å². The lowest BCUT2D eigenvalue weighted by molar-refractivity contribution is -0.184. The molecule has 2 amide bonds. The Balaban J connectivity index is 3.37. The van der Waals surface area contributed by atoms with Gasteiger partial charge < -0.3 is 29.6 Å². The molecule has 0 aromatic heterocycles. The number of rotatable bonds is 14. The second-order valence-electron chi connectivity index (χ2n) is 4.98. The van der Waals surface area contributed by atoms with Crippen molar-refractivity contribution in [1.82, 2.24) is 4.90 Å². The number of carbonyl (C=O) groups is 2. The maximum Gasteiger partial charge on any atom is 0.471 e. The van der Waals surface area contributed by atoms with E-state index < -0.39 is 24.1 Å². The van der Waals surface area contributed by atoms with Crippen LogP contribution in [0.4, 0.5) is 13.2 Å². The SMILES string of the molecule is CC(OCCOCCOCCOCCN(C)C(=O)C(F)(F)F)C(N)=O. The summed E-state index contributed by atoms with van der Waals surface area (Å²) in [5.74, 6) is -2.45. The third-order valence-corrected chi connectivity index (χ3v) is 2.90. The topological polar surface area (TPSA) is 100 Å². The van der Waals surface area contributed by atoms with Crippen LogP contribution < -0.4 is 5.73 Å². The molecule has 1 unspecified atom stereocenters. The third-order valence-electron chi connectivity index (χ3n) is 2.90. The van der Waals surface area contributed by atoms with Gasteiger partial charge in [-0.15, -0.1) is 0 Å². The molecule has 0 bridgehead atoms. The highest BCUT2D eigenvalue weighted by molar-refractivity contribution is 5.81. The van der Waals surface area contributed by atoms with Crippen LogP contribution in [0.15, 0.2) is 0 Å². The van der Waals surface area contributed by atoms with E-state index in [0.717, 1.165) is 7.05 Å². The lowest BCUT2D eigenvalue weighted by atomic mass is 10.4. The van der Waals surface area contributed by atoms with E-state index in [1.54, 1.807) is 6.92 Å². The molecule has 0 rings (SSSR count). The first kappa shape index (κ1) is 23.6. The average Bonchev–Trinajstić information content (AvgIpc) is 2.53. The van der Waals surface area contributed by atoms with Crippen LogP contribution in [0, 0.1) is 0 Å². The quantitative estimate of drug-likeness (QED) is 0.428. The van der Waals surface area contributed by atoms with E-state index in [9.17, 15) is 22.8 Å². The molecule has 0 aliphatic heterocycles. The van der Waals surface area contributed by atoms with E-state index in [4.69, 9.17) is 24.7 Å². The predicted octanol–water partition coefficient (Wildman–Crippen LogP) is -0.0527. The zero-order chi connectivity index (χ0) is 19.3. The van der Waals surface area contributed by atoms with Gasteiger partial charge in [-0.3, -0.25) is 9.59 Å². The van der Waals surface area contributed by atoms with Crippen molar-refractivity contribution < 1.29 is 41.7 Å². The van der Waals surface area contributed by atoms with Gasteiger partial charge in [0.2, 0.25) is 5.91 Å². The molecule has 2 N–H and O–H groups in total. The van der Waals surface area contributed by atoms with Gasteiger partial charge >= 0.3 is 12.1 Å². The van der Waals surface area contributed by atoms with Crippen LogP contribution in [0.25, 0.3) is 0 Å². The molecule has 0 radical (unpaired) electrons. The maximum atomic E-state index is 12.1. The van der Waals surface area contributed by atoms with E-state index in [2.05, 4.69) is 0 Å². The minimum atomic E-state index is -4.87. The lowest BCUT2D eigenvalue weighted by Gasteiger charge is -2.18. The molecule has 148 valence electrons. The normalized spacial score (nSPS) is 12.8. The van der Waals surface area contributed by atoms with E-state index in [-0.39, 0.29) is 39.6 Å². The van der Waals surface area contributed by atoms with Crippen molar-refractivity contribution in [3.63, 3.8) is 0 Å². The van der Waals surface area contributed by atoms with Gasteiger partial charge in [0.25, 0.3) is 0 Å². The molecule has 11 heteroatoms. The molecule has 8 nitrogen and oxygen atoms in total. The number of hydrogen-bond acceptors (Lipinski definition) is 6. The number of hydrogen-bond donors (Lipinski definition) is 1. The number of carbonyl (C=O) groups excluding carboxylic acids is 2. The van der Waals surface area contributed by atoms with Crippen LogP contribution in [0.1, 0.15) is 6.92 Å². The molecule has 1 atom stereocenters. The Labute approximate surface area is 144 Å². The van der Waals surface area contributed by atoms with Gasteiger partial charge in [0, 0.05) is 13.6 Å². The van der Waals surface area contributed by atoms with Crippen molar-refractivity contribution in [1.29, 1.82) is 0 Å². The number of likely N-dealkylation sites (N-methyl/N-ethyl adjacent to an activating group) is 1. The number of nitrogens with zero attached hydrogens (tertiary/aromatic N) is 1. The van der Waals surface area contributed by atoms with Crippen LogP contribution in [0.5, 0.6) is 0 Å². The average molecular weight is 374 g/mol. The molecule has 25 heavy (non-hydrogen) atoms. The molecule has 0 fully saturated rings. The van der Waals surface area contributed by atoms with Crippen molar-refractivity contribution in [2.75, 3.05) is 59.8 Å². The second-order valence-corrected chi connectivity index (χ2v) is 4.98.